The van der Waals surface area contributed by atoms with E-state index >= 15 is 0 Å². The van der Waals surface area contributed by atoms with Gasteiger partial charge in [-0.2, -0.15) is 13.2 Å². The van der Waals surface area contributed by atoms with Crippen molar-refractivity contribution in [2.45, 2.75) is 12.6 Å². The van der Waals surface area contributed by atoms with Crippen molar-refractivity contribution in [1.82, 2.24) is 5.32 Å². The van der Waals surface area contributed by atoms with Crippen LogP contribution in [0, 0.1) is 3.57 Å². The molecule has 0 radical (unpaired) electrons. The summed E-state index contributed by atoms with van der Waals surface area (Å²) >= 11 is 1.75. The molecule has 0 fully saturated rings. The van der Waals surface area contributed by atoms with Crippen LogP contribution in [-0.2, 0) is 6.18 Å². The standard InChI is InChI=1S/C11H12F3IN2O.ClH/c12-11(13,14)8-4-7(5-9(15)6-8)10(18)17-3-1-2-16;/h4-6H,1-3,16H2,(H,17,18);1H. The lowest BCUT2D eigenvalue weighted by atomic mass is 10.1. The van der Waals surface area contributed by atoms with E-state index in [1.54, 1.807) is 22.6 Å². The number of carbonyl (C=O) groups is 1. The van der Waals surface area contributed by atoms with Gasteiger partial charge in [0.1, 0.15) is 0 Å². The molecule has 1 aromatic carbocycles. The summed E-state index contributed by atoms with van der Waals surface area (Å²) in [5, 5.41) is 2.52. The number of benzene rings is 1. The summed E-state index contributed by atoms with van der Waals surface area (Å²) in [5.74, 6) is -0.521. The topological polar surface area (TPSA) is 55.1 Å². The van der Waals surface area contributed by atoms with E-state index in [1.807, 2.05) is 0 Å². The van der Waals surface area contributed by atoms with Crippen LogP contribution in [0.1, 0.15) is 22.3 Å². The van der Waals surface area contributed by atoms with Crippen molar-refractivity contribution < 1.29 is 18.0 Å². The van der Waals surface area contributed by atoms with Crippen LogP contribution in [0.25, 0.3) is 0 Å². The Kier molecular flexibility index (Phi) is 7.68. The maximum atomic E-state index is 12.6. The van der Waals surface area contributed by atoms with E-state index in [1.165, 1.54) is 6.07 Å². The first kappa shape index (κ1) is 18.5. The molecule has 1 amide bonds. The molecule has 0 aromatic heterocycles. The van der Waals surface area contributed by atoms with Crippen molar-refractivity contribution in [2.24, 2.45) is 5.73 Å². The molecule has 0 atom stereocenters. The zero-order valence-corrected chi connectivity index (χ0v) is 12.7. The molecule has 0 aliphatic heterocycles. The maximum absolute atomic E-state index is 12.6. The summed E-state index contributed by atoms with van der Waals surface area (Å²) in [6.45, 7) is 0.766. The molecule has 0 unspecified atom stereocenters. The van der Waals surface area contributed by atoms with Gasteiger partial charge in [-0.25, -0.2) is 0 Å². The van der Waals surface area contributed by atoms with Gasteiger partial charge in [-0.3, -0.25) is 4.79 Å². The SMILES string of the molecule is Cl.NCCCNC(=O)c1cc(I)cc(C(F)(F)F)c1. The second-order valence-corrected chi connectivity index (χ2v) is 4.87. The van der Waals surface area contributed by atoms with Crippen LogP contribution in [0.5, 0.6) is 0 Å². The van der Waals surface area contributed by atoms with Crippen LogP contribution in [0.3, 0.4) is 0 Å². The third kappa shape index (κ3) is 5.96. The van der Waals surface area contributed by atoms with Crippen LogP contribution in [0.4, 0.5) is 13.2 Å². The van der Waals surface area contributed by atoms with Crippen molar-refractivity contribution in [3.8, 4) is 0 Å². The minimum atomic E-state index is -4.45. The second-order valence-electron chi connectivity index (χ2n) is 3.62. The number of nitrogens with two attached hydrogens (primary N) is 1. The minimum Gasteiger partial charge on any atom is -0.352 e. The number of halogens is 5. The predicted octanol–water partition coefficient (Wildman–Crippen LogP) is 2.81. The van der Waals surface area contributed by atoms with E-state index in [0.29, 0.717) is 23.1 Å². The Morgan fingerprint density at radius 2 is 1.95 bits per heavy atom. The summed E-state index contributed by atoms with van der Waals surface area (Å²) < 4.78 is 38.1. The summed E-state index contributed by atoms with van der Waals surface area (Å²) in [6.07, 6.45) is -3.87. The van der Waals surface area contributed by atoms with Gasteiger partial charge in [0, 0.05) is 15.7 Å². The van der Waals surface area contributed by atoms with Crippen LogP contribution in [0.15, 0.2) is 18.2 Å². The van der Waals surface area contributed by atoms with Crippen LogP contribution in [0.2, 0.25) is 0 Å². The smallest absolute Gasteiger partial charge is 0.352 e. The number of nitrogens with one attached hydrogen (secondary N) is 1. The van der Waals surface area contributed by atoms with Crippen molar-refractivity contribution in [1.29, 1.82) is 0 Å². The largest absolute Gasteiger partial charge is 0.416 e. The average molecular weight is 409 g/mol. The van der Waals surface area contributed by atoms with Crippen molar-refractivity contribution in [3.05, 3.63) is 32.9 Å². The Hall–Kier alpha value is -0.540. The van der Waals surface area contributed by atoms with E-state index in [9.17, 15) is 18.0 Å². The Labute approximate surface area is 128 Å². The van der Waals surface area contributed by atoms with E-state index < -0.39 is 17.6 Å². The predicted molar refractivity (Wildman–Crippen MR) is 77.4 cm³/mol. The zero-order chi connectivity index (χ0) is 13.8. The number of hydrogen-bond donors (Lipinski definition) is 2. The first-order chi connectivity index (χ1) is 8.34. The maximum Gasteiger partial charge on any atom is 0.416 e. The highest BCUT2D eigenvalue weighted by Crippen LogP contribution is 2.31. The van der Waals surface area contributed by atoms with Gasteiger partial charge in [0.25, 0.3) is 5.91 Å². The molecule has 0 spiro atoms. The van der Waals surface area contributed by atoms with Crippen molar-refractivity contribution >= 4 is 40.9 Å². The third-order valence-corrected chi connectivity index (χ3v) is 2.78. The fourth-order valence-corrected chi connectivity index (χ4v) is 1.96. The number of rotatable bonds is 4. The van der Waals surface area contributed by atoms with E-state index in [4.69, 9.17) is 5.73 Å². The quantitative estimate of drug-likeness (QED) is 0.595. The third-order valence-electron chi connectivity index (χ3n) is 2.15. The normalized spacial score (nSPS) is 10.8. The molecular formula is C11H13ClF3IN2O. The molecule has 0 saturated heterocycles. The average Bonchev–Trinajstić information content (AvgIpc) is 2.27. The second kappa shape index (κ2) is 7.91. The number of carbonyl (C=O) groups excluding carboxylic acids is 1. The van der Waals surface area contributed by atoms with E-state index in [-0.39, 0.29) is 18.0 Å². The monoisotopic (exact) mass is 408 g/mol. The molecule has 1 aromatic rings. The number of hydrogen-bond acceptors (Lipinski definition) is 2. The highest BCUT2D eigenvalue weighted by Gasteiger charge is 2.31. The Balaban J connectivity index is 0.00000324. The summed E-state index contributed by atoms with van der Waals surface area (Å²) in [6, 6.07) is 3.25. The molecule has 0 aliphatic rings. The Morgan fingerprint density at radius 1 is 1.32 bits per heavy atom. The highest BCUT2D eigenvalue weighted by molar-refractivity contribution is 14.1. The van der Waals surface area contributed by atoms with Gasteiger partial charge < -0.3 is 11.1 Å². The van der Waals surface area contributed by atoms with Crippen LogP contribution in [-0.4, -0.2) is 19.0 Å². The van der Waals surface area contributed by atoms with Gasteiger partial charge in [-0.05, 0) is 53.8 Å². The lowest BCUT2D eigenvalue weighted by Crippen LogP contribution is -2.26. The number of alkyl halides is 3. The molecule has 108 valence electrons. The Bertz CT molecular complexity index is 440. The van der Waals surface area contributed by atoms with Gasteiger partial charge in [-0.15, -0.1) is 12.4 Å². The fourth-order valence-electron chi connectivity index (χ4n) is 1.29. The van der Waals surface area contributed by atoms with Gasteiger partial charge in [0.2, 0.25) is 0 Å². The van der Waals surface area contributed by atoms with Crippen molar-refractivity contribution in [2.75, 3.05) is 13.1 Å². The molecule has 0 aliphatic carbocycles. The van der Waals surface area contributed by atoms with Gasteiger partial charge >= 0.3 is 6.18 Å². The van der Waals surface area contributed by atoms with Gasteiger partial charge in [0.05, 0.1) is 5.56 Å². The van der Waals surface area contributed by atoms with E-state index in [0.717, 1.165) is 12.1 Å². The van der Waals surface area contributed by atoms with Crippen LogP contribution >= 0.6 is 35.0 Å². The molecule has 1 rings (SSSR count). The summed E-state index contributed by atoms with van der Waals surface area (Å²) in [7, 11) is 0. The zero-order valence-electron chi connectivity index (χ0n) is 9.76. The first-order valence-electron chi connectivity index (χ1n) is 5.20. The fraction of sp³-hybridized carbons (Fsp3) is 0.364. The molecule has 0 saturated carbocycles. The first-order valence-corrected chi connectivity index (χ1v) is 6.28. The molecule has 0 bridgehead atoms. The molecule has 3 nitrogen and oxygen atoms in total. The minimum absolute atomic E-state index is 0. The summed E-state index contributed by atoms with van der Waals surface area (Å²) in [4.78, 5) is 11.6. The number of amides is 1. The summed E-state index contributed by atoms with van der Waals surface area (Å²) in [5.41, 5.74) is 4.44. The lowest BCUT2D eigenvalue weighted by molar-refractivity contribution is -0.137. The molecule has 0 heterocycles. The van der Waals surface area contributed by atoms with Crippen LogP contribution < -0.4 is 11.1 Å². The highest BCUT2D eigenvalue weighted by atomic mass is 127. The Morgan fingerprint density at radius 3 is 2.47 bits per heavy atom. The van der Waals surface area contributed by atoms with Crippen molar-refractivity contribution in [3.63, 3.8) is 0 Å². The molecule has 3 N–H and O–H groups in total. The molecular weight excluding hydrogens is 395 g/mol. The van der Waals surface area contributed by atoms with Gasteiger partial charge in [0.15, 0.2) is 0 Å². The van der Waals surface area contributed by atoms with E-state index in [2.05, 4.69) is 5.32 Å². The molecule has 8 heteroatoms. The van der Waals surface area contributed by atoms with Gasteiger partial charge in [-0.1, -0.05) is 0 Å². The lowest BCUT2D eigenvalue weighted by Gasteiger charge is -2.10. The molecule has 19 heavy (non-hydrogen) atoms.